The van der Waals surface area contributed by atoms with E-state index in [1.165, 1.54) is 29.4 Å². The van der Waals surface area contributed by atoms with E-state index in [0.717, 1.165) is 12.8 Å². The molecule has 0 aliphatic heterocycles. The fourth-order valence-electron chi connectivity index (χ4n) is 4.00. The SMILES string of the molecule is Ic1ccc(I)c2c1CC(COCc1ccccc1)(COCc1ccccc1)C2. The molecule has 150 valence electrons. The topological polar surface area (TPSA) is 18.5 Å². The number of benzene rings is 3. The number of rotatable bonds is 8. The summed E-state index contributed by atoms with van der Waals surface area (Å²) in [7, 11) is 0. The van der Waals surface area contributed by atoms with Gasteiger partial charge in [-0.2, -0.15) is 0 Å². The largest absolute Gasteiger partial charge is 0.376 e. The highest BCUT2D eigenvalue weighted by Crippen LogP contribution is 2.42. The van der Waals surface area contributed by atoms with Crippen molar-refractivity contribution in [2.45, 2.75) is 26.1 Å². The molecule has 4 rings (SSSR count). The van der Waals surface area contributed by atoms with Crippen LogP contribution in [0.2, 0.25) is 0 Å². The molecule has 0 unspecified atom stereocenters. The zero-order chi connectivity index (χ0) is 20.1. The Bertz CT molecular complexity index is 863. The van der Waals surface area contributed by atoms with Gasteiger partial charge in [0.05, 0.1) is 26.4 Å². The van der Waals surface area contributed by atoms with Crippen LogP contribution in [0.5, 0.6) is 0 Å². The van der Waals surface area contributed by atoms with Crippen molar-refractivity contribution >= 4 is 45.2 Å². The Hall–Kier alpha value is -0.960. The fraction of sp³-hybridized carbons (Fsp3) is 0.280. The number of ether oxygens (including phenoxy) is 2. The van der Waals surface area contributed by atoms with E-state index in [4.69, 9.17) is 9.47 Å². The Morgan fingerprint density at radius 1 is 0.621 bits per heavy atom. The van der Waals surface area contributed by atoms with Crippen LogP contribution in [-0.2, 0) is 35.5 Å². The molecule has 0 saturated carbocycles. The van der Waals surface area contributed by atoms with Crippen LogP contribution in [-0.4, -0.2) is 13.2 Å². The van der Waals surface area contributed by atoms with Gasteiger partial charge in [-0.25, -0.2) is 0 Å². The van der Waals surface area contributed by atoms with Gasteiger partial charge in [0.25, 0.3) is 0 Å². The van der Waals surface area contributed by atoms with Crippen molar-refractivity contribution in [2.24, 2.45) is 5.41 Å². The predicted molar refractivity (Wildman–Crippen MR) is 134 cm³/mol. The maximum atomic E-state index is 6.24. The molecule has 2 nitrogen and oxygen atoms in total. The molecule has 0 radical (unpaired) electrons. The average Bonchev–Trinajstić information content (AvgIpc) is 3.14. The predicted octanol–water partition coefficient (Wildman–Crippen LogP) is 6.41. The van der Waals surface area contributed by atoms with Crippen molar-refractivity contribution in [3.05, 3.63) is 102 Å². The average molecular weight is 610 g/mol. The Morgan fingerprint density at radius 3 is 1.45 bits per heavy atom. The van der Waals surface area contributed by atoms with E-state index < -0.39 is 0 Å². The van der Waals surface area contributed by atoms with E-state index in [2.05, 4.69) is 106 Å². The quantitative estimate of drug-likeness (QED) is 0.275. The second-order valence-corrected chi connectivity index (χ2v) is 10.1. The summed E-state index contributed by atoms with van der Waals surface area (Å²) in [6.45, 7) is 2.70. The van der Waals surface area contributed by atoms with Crippen molar-refractivity contribution in [3.8, 4) is 0 Å². The maximum Gasteiger partial charge on any atom is 0.0717 e. The van der Waals surface area contributed by atoms with E-state index in [1.807, 2.05) is 12.1 Å². The van der Waals surface area contributed by atoms with Gasteiger partial charge in [-0.15, -0.1) is 0 Å². The summed E-state index contributed by atoms with van der Waals surface area (Å²) in [5, 5.41) is 0. The van der Waals surface area contributed by atoms with E-state index in [9.17, 15) is 0 Å². The second kappa shape index (κ2) is 9.90. The molecule has 3 aromatic rings. The lowest BCUT2D eigenvalue weighted by Gasteiger charge is -2.29. The second-order valence-electron chi connectivity index (χ2n) is 7.80. The van der Waals surface area contributed by atoms with Crippen LogP contribution in [0.25, 0.3) is 0 Å². The molecular formula is C25H24I2O2. The first-order chi connectivity index (χ1) is 14.2. The number of fused-ring (bicyclic) bond motifs is 1. The van der Waals surface area contributed by atoms with Gasteiger partial charge in [0.1, 0.15) is 0 Å². The van der Waals surface area contributed by atoms with E-state index in [0.29, 0.717) is 26.4 Å². The summed E-state index contributed by atoms with van der Waals surface area (Å²) in [5.41, 5.74) is 5.38. The van der Waals surface area contributed by atoms with Gasteiger partial charge in [0.15, 0.2) is 0 Å². The van der Waals surface area contributed by atoms with Crippen molar-refractivity contribution < 1.29 is 9.47 Å². The highest BCUT2D eigenvalue weighted by atomic mass is 127. The Labute approximate surface area is 200 Å². The molecule has 0 heterocycles. The molecule has 3 aromatic carbocycles. The normalized spacial score (nSPS) is 14.7. The smallest absolute Gasteiger partial charge is 0.0717 e. The molecule has 0 atom stereocenters. The van der Waals surface area contributed by atoms with Crippen LogP contribution in [0.3, 0.4) is 0 Å². The van der Waals surface area contributed by atoms with Crippen LogP contribution in [0.15, 0.2) is 72.8 Å². The van der Waals surface area contributed by atoms with E-state index >= 15 is 0 Å². The van der Waals surface area contributed by atoms with Crippen molar-refractivity contribution in [1.29, 1.82) is 0 Å². The first-order valence-electron chi connectivity index (χ1n) is 9.84. The minimum Gasteiger partial charge on any atom is -0.376 e. The molecule has 4 heteroatoms. The van der Waals surface area contributed by atoms with E-state index in [-0.39, 0.29) is 5.41 Å². The minimum absolute atomic E-state index is 0.00685. The van der Waals surface area contributed by atoms with Crippen LogP contribution in [0.1, 0.15) is 22.3 Å². The fourth-order valence-corrected chi connectivity index (χ4v) is 5.39. The molecule has 0 spiro atoms. The van der Waals surface area contributed by atoms with Gasteiger partial charge in [0.2, 0.25) is 0 Å². The Morgan fingerprint density at radius 2 is 1.03 bits per heavy atom. The molecule has 29 heavy (non-hydrogen) atoms. The van der Waals surface area contributed by atoms with Gasteiger partial charge >= 0.3 is 0 Å². The highest BCUT2D eigenvalue weighted by molar-refractivity contribution is 14.1. The van der Waals surface area contributed by atoms with Gasteiger partial charge in [-0.1, -0.05) is 60.7 Å². The summed E-state index contributed by atoms with van der Waals surface area (Å²) in [6.07, 6.45) is 2.03. The summed E-state index contributed by atoms with van der Waals surface area (Å²) in [5.74, 6) is 0. The third-order valence-electron chi connectivity index (χ3n) is 5.46. The lowest BCUT2D eigenvalue weighted by Crippen LogP contribution is -2.33. The van der Waals surface area contributed by atoms with Crippen molar-refractivity contribution in [2.75, 3.05) is 13.2 Å². The van der Waals surface area contributed by atoms with E-state index in [1.54, 1.807) is 0 Å². The summed E-state index contributed by atoms with van der Waals surface area (Å²) < 4.78 is 15.2. The van der Waals surface area contributed by atoms with Gasteiger partial charge in [-0.05, 0) is 92.4 Å². The third-order valence-corrected chi connectivity index (χ3v) is 7.48. The van der Waals surface area contributed by atoms with Gasteiger partial charge in [-0.3, -0.25) is 0 Å². The molecule has 0 saturated heterocycles. The molecule has 0 N–H and O–H groups in total. The monoisotopic (exact) mass is 610 g/mol. The van der Waals surface area contributed by atoms with Crippen molar-refractivity contribution in [3.63, 3.8) is 0 Å². The Kier molecular flexibility index (Phi) is 7.26. The molecule has 0 fully saturated rings. The van der Waals surface area contributed by atoms with Crippen LogP contribution in [0, 0.1) is 12.6 Å². The number of halogens is 2. The minimum atomic E-state index is -0.00685. The molecule has 1 aliphatic rings. The van der Waals surface area contributed by atoms with Gasteiger partial charge < -0.3 is 9.47 Å². The molecule has 1 aliphatic carbocycles. The van der Waals surface area contributed by atoms with Crippen LogP contribution >= 0.6 is 45.2 Å². The molecule has 0 bridgehead atoms. The maximum absolute atomic E-state index is 6.24. The standard InChI is InChI=1S/C25H24I2O2/c26-23-11-12-24(27)22-14-25(13-21(22)23,17-28-15-19-7-3-1-4-8-19)18-29-16-20-9-5-2-6-10-20/h1-12H,13-18H2. The van der Waals surface area contributed by atoms with Gasteiger partial charge in [0, 0.05) is 12.6 Å². The lowest BCUT2D eigenvalue weighted by molar-refractivity contribution is -0.0281. The van der Waals surface area contributed by atoms with Crippen molar-refractivity contribution in [1.82, 2.24) is 0 Å². The molecule has 0 amide bonds. The molecular weight excluding hydrogens is 586 g/mol. The van der Waals surface area contributed by atoms with Crippen LogP contribution in [0.4, 0.5) is 0 Å². The molecule has 0 aromatic heterocycles. The zero-order valence-corrected chi connectivity index (χ0v) is 20.6. The summed E-state index contributed by atoms with van der Waals surface area (Å²) in [4.78, 5) is 0. The summed E-state index contributed by atoms with van der Waals surface area (Å²) in [6, 6.07) is 25.3. The first-order valence-corrected chi connectivity index (χ1v) is 12.0. The summed E-state index contributed by atoms with van der Waals surface area (Å²) >= 11 is 4.94. The Balaban J connectivity index is 1.46. The number of hydrogen-bond acceptors (Lipinski definition) is 2. The first kappa shape index (κ1) is 21.3. The lowest BCUT2D eigenvalue weighted by atomic mass is 9.86. The highest BCUT2D eigenvalue weighted by Gasteiger charge is 2.40. The number of hydrogen-bond donors (Lipinski definition) is 0. The van der Waals surface area contributed by atoms with Crippen LogP contribution < -0.4 is 0 Å². The third kappa shape index (κ3) is 5.40. The zero-order valence-electron chi connectivity index (χ0n) is 16.2.